The Bertz CT molecular complexity index is 1190. The van der Waals surface area contributed by atoms with Crippen LogP contribution in [0.5, 0.6) is 17.2 Å². The van der Waals surface area contributed by atoms with Crippen LogP contribution in [0, 0.1) is 11.3 Å². The molecule has 2 aromatic rings. The van der Waals surface area contributed by atoms with Crippen molar-refractivity contribution in [1.29, 1.82) is 5.26 Å². The smallest absolute Gasteiger partial charge is 0.229 e. The van der Waals surface area contributed by atoms with Crippen LogP contribution in [0.1, 0.15) is 32.2 Å². The van der Waals surface area contributed by atoms with Crippen LogP contribution in [-0.2, 0) is 4.74 Å². The topological polar surface area (TPSA) is 132 Å². The molecule has 30 heavy (non-hydrogen) atoms. The minimum atomic E-state index is -1.01. The molecule has 8 heteroatoms. The number of methoxy groups -OCH3 is 2. The van der Waals surface area contributed by atoms with Crippen molar-refractivity contribution >= 4 is 11.6 Å². The first-order valence-electron chi connectivity index (χ1n) is 8.88. The summed E-state index contributed by atoms with van der Waals surface area (Å²) in [7, 11) is 2.71. The number of carbonyl (C=O) groups excluding carboxylic acids is 2. The van der Waals surface area contributed by atoms with Crippen LogP contribution in [0.2, 0.25) is 0 Å². The van der Waals surface area contributed by atoms with Crippen molar-refractivity contribution in [2.24, 2.45) is 5.73 Å². The molecule has 0 saturated carbocycles. The largest absolute Gasteiger partial charge is 0.502 e. The third-order valence-electron chi connectivity index (χ3n) is 5.12. The number of nitrogens with two attached hydrogens (primary N) is 1. The maximum Gasteiger partial charge on any atom is 0.229 e. The van der Waals surface area contributed by atoms with Crippen LogP contribution in [0.25, 0.3) is 0 Å². The number of phenols is 1. The number of nitrogens with zero attached hydrogens (tertiary/aromatic N) is 1. The number of hydrogen-bond acceptors (Lipinski definition) is 8. The van der Waals surface area contributed by atoms with Gasteiger partial charge in [0.15, 0.2) is 23.0 Å². The highest BCUT2D eigenvalue weighted by Crippen LogP contribution is 2.47. The van der Waals surface area contributed by atoms with Crippen molar-refractivity contribution in [3.63, 3.8) is 0 Å². The second-order valence-electron chi connectivity index (χ2n) is 6.65. The Morgan fingerprint density at radius 3 is 2.17 bits per heavy atom. The number of allylic oxidation sites excluding steroid dienone is 3. The lowest BCUT2D eigenvalue weighted by atomic mass is 9.75. The van der Waals surface area contributed by atoms with Crippen molar-refractivity contribution in [3.05, 3.63) is 75.9 Å². The summed E-state index contributed by atoms with van der Waals surface area (Å²) in [6.07, 6.45) is 0. The average molecular weight is 404 g/mol. The van der Waals surface area contributed by atoms with Crippen LogP contribution in [0.4, 0.5) is 0 Å². The van der Waals surface area contributed by atoms with E-state index < -0.39 is 17.5 Å². The Morgan fingerprint density at radius 1 is 1.07 bits per heavy atom. The zero-order chi connectivity index (χ0) is 21.6. The van der Waals surface area contributed by atoms with Crippen LogP contribution < -0.4 is 15.2 Å². The average Bonchev–Trinajstić information content (AvgIpc) is 2.76. The molecule has 4 rings (SSSR count). The highest BCUT2D eigenvalue weighted by Gasteiger charge is 2.44. The maximum atomic E-state index is 13.3. The summed E-state index contributed by atoms with van der Waals surface area (Å²) >= 11 is 0. The van der Waals surface area contributed by atoms with Gasteiger partial charge in [-0.25, -0.2) is 0 Å². The van der Waals surface area contributed by atoms with E-state index in [1.165, 1.54) is 32.4 Å². The standard InChI is InChI=1S/C22H16N2O6/c1-28-14-7-10(8-15(29-2)20(14)27)16-13(9-23)22(24)30-21-17(16)18(25)11-5-3-4-6-12(11)19(21)26/h3-8,16,27H,24H2,1-2H3. The van der Waals surface area contributed by atoms with Crippen molar-refractivity contribution in [2.45, 2.75) is 5.92 Å². The molecule has 150 valence electrons. The molecule has 1 aliphatic carbocycles. The van der Waals surface area contributed by atoms with E-state index in [1.807, 2.05) is 6.07 Å². The molecule has 0 spiro atoms. The minimum Gasteiger partial charge on any atom is -0.502 e. The van der Waals surface area contributed by atoms with Gasteiger partial charge in [0.1, 0.15) is 11.6 Å². The zero-order valence-corrected chi connectivity index (χ0v) is 16.1. The summed E-state index contributed by atoms with van der Waals surface area (Å²) in [6.45, 7) is 0. The summed E-state index contributed by atoms with van der Waals surface area (Å²) in [5, 5.41) is 20.0. The molecule has 3 N–H and O–H groups in total. The highest BCUT2D eigenvalue weighted by molar-refractivity contribution is 6.27. The lowest BCUT2D eigenvalue weighted by molar-refractivity contribution is 0.0897. The molecule has 1 aliphatic heterocycles. The fourth-order valence-corrected chi connectivity index (χ4v) is 3.72. The van der Waals surface area contributed by atoms with E-state index in [9.17, 15) is 20.0 Å². The number of benzene rings is 2. The summed E-state index contributed by atoms with van der Waals surface area (Å²) < 4.78 is 15.8. The summed E-state index contributed by atoms with van der Waals surface area (Å²) in [6, 6.07) is 11.3. The van der Waals surface area contributed by atoms with E-state index >= 15 is 0 Å². The number of phenolic OH excluding ortho intramolecular Hbond substituents is 1. The Balaban J connectivity index is 2.00. The quantitative estimate of drug-likeness (QED) is 0.798. The second kappa shape index (κ2) is 6.97. The Labute approximate surface area is 171 Å². The summed E-state index contributed by atoms with van der Waals surface area (Å²) in [5.41, 5.74) is 6.70. The van der Waals surface area contributed by atoms with Gasteiger partial charge in [-0.15, -0.1) is 0 Å². The van der Waals surface area contributed by atoms with Gasteiger partial charge in [0.25, 0.3) is 0 Å². The molecule has 0 aromatic heterocycles. The first-order valence-corrected chi connectivity index (χ1v) is 8.88. The van der Waals surface area contributed by atoms with Gasteiger partial charge in [0.05, 0.1) is 25.7 Å². The zero-order valence-electron chi connectivity index (χ0n) is 16.1. The van der Waals surface area contributed by atoms with Gasteiger partial charge in [-0.3, -0.25) is 9.59 Å². The number of aromatic hydroxyl groups is 1. The fourth-order valence-electron chi connectivity index (χ4n) is 3.72. The molecule has 8 nitrogen and oxygen atoms in total. The molecule has 1 atom stereocenters. The van der Waals surface area contributed by atoms with Gasteiger partial charge in [-0.2, -0.15) is 5.26 Å². The molecule has 0 saturated heterocycles. The third-order valence-corrected chi connectivity index (χ3v) is 5.12. The van der Waals surface area contributed by atoms with Gasteiger partial charge in [0, 0.05) is 11.1 Å². The van der Waals surface area contributed by atoms with Gasteiger partial charge in [-0.05, 0) is 17.7 Å². The number of hydrogen-bond donors (Lipinski definition) is 2. The molecular weight excluding hydrogens is 388 g/mol. The van der Waals surface area contributed by atoms with Gasteiger partial charge < -0.3 is 25.1 Å². The number of carbonyl (C=O) groups is 2. The molecule has 2 aliphatic rings. The maximum absolute atomic E-state index is 13.3. The molecule has 0 radical (unpaired) electrons. The molecule has 0 fully saturated rings. The van der Waals surface area contributed by atoms with E-state index in [0.717, 1.165) is 0 Å². The Kier molecular flexibility index (Phi) is 4.43. The van der Waals surface area contributed by atoms with Crippen LogP contribution in [-0.4, -0.2) is 30.9 Å². The Hall–Kier alpha value is -4.25. The van der Waals surface area contributed by atoms with Gasteiger partial charge >= 0.3 is 0 Å². The Morgan fingerprint density at radius 2 is 1.63 bits per heavy atom. The first kappa shape index (κ1) is 19.1. The highest BCUT2D eigenvalue weighted by atomic mass is 16.5. The van der Waals surface area contributed by atoms with E-state index in [4.69, 9.17) is 19.9 Å². The minimum absolute atomic E-state index is 0.000698. The van der Waals surface area contributed by atoms with Gasteiger partial charge in [0.2, 0.25) is 17.4 Å². The molecule has 1 unspecified atom stereocenters. The second-order valence-corrected chi connectivity index (χ2v) is 6.65. The number of Topliss-reactive ketones (excluding diaryl/α,β-unsaturated/α-hetero) is 2. The van der Waals surface area contributed by atoms with Gasteiger partial charge in [-0.1, -0.05) is 24.3 Å². The molecule has 0 amide bonds. The lowest BCUT2D eigenvalue weighted by Gasteiger charge is -2.31. The number of fused-ring (bicyclic) bond motifs is 1. The predicted octanol–water partition coefficient (Wildman–Crippen LogP) is 2.55. The van der Waals surface area contributed by atoms with Crippen LogP contribution >= 0.6 is 0 Å². The molecular formula is C22H16N2O6. The molecule has 2 aromatic carbocycles. The number of ketones is 2. The summed E-state index contributed by atoms with van der Waals surface area (Å²) in [4.78, 5) is 26.4. The number of rotatable bonds is 3. The SMILES string of the molecule is COc1cc(C2C(C#N)=C(N)OC3=C2C(=O)c2ccccc2C3=O)cc(OC)c1O. The van der Waals surface area contributed by atoms with Crippen molar-refractivity contribution < 1.29 is 28.9 Å². The normalized spacial score (nSPS) is 17.7. The van der Waals surface area contributed by atoms with E-state index in [-0.39, 0.29) is 51.2 Å². The van der Waals surface area contributed by atoms with E-state index in [1.54, 1.807) is 18.2 Å². The number of nitriles is 1. The van der Waals surface area contributed by atoms with Crippen molar-refractivity contribution in [3.8, 4) is 23.3 Å². The molecule has 1 heterocycles. The third kappa shape index (κ3) is 2.60. The monoisotopic (exact) mass is 404 g/mol. The van der Waals surface area contributed by atoms with Crippen LogP contribution in [0.3, 0.4) is 0 Å². The fraction of sp³-hybridized carbons (Fsp3) is 0.136. The predicted molar refractivity (Wildman–Crippen MR) is 104 cm³/mol. The first-order chi connectivity index (χ1) is 14.4. The summed E-state index contributed by atoms with van der Waals surface area (Å²) in [5.74, 6) is -2.53. The number of ether oxygens (including phenoxy) is 3. The lowest BCUT2D eigenvalue weighted by Crippen LogP contribution is -2.32. The molecule has 0 bridgehead atoms. The van der Waals surface area contributed by atoms with E-state index in [2.05, 4.69) is 0 Å². The van der Waals surface area contributed by atoms with Crippen molar-refractivity contribution in [1.82, 2.24) is 0 Å². The van der Waals surface area contributed by atoms with Crippen LogP contribution in [0.15, 0.2) is 59.2 Å². The van der Waals surface area contributed by atoms with E-state index in [0.29, 0.717) is 5.56 Å². The van der Waals surface area contributed by atoms with Crippen molar-refractivity contribution in [2.75, 3.05) is 14.2 Å².